The van der Waals surface area contributed by atoms with Gasteiger partial charge in [0.1, 0.15) is 11.9 Å². The second kappa shape index (κ2) is 7.43. The van der Waals surface area contributed by atoms with E-state index in [0.717, 1.165) is 12.8 Å². The van der Waals surface area contributed by atoms with Crippen LogP contribution in [0, 0.1) is 5.82 Å². The van der Waals surface area contributed by atoms with E-state index in [-0.39, 0.29) is 28.7 Å². The molecule has 1 saturated heterocycles. The molecule has 3 rings (SSSR count). The number of rotatable bonds is 3. The fourth-order valence-electron chi connectivity index (χ4n) is 4.22. The number of benzene rings is 1. The van der Waals surface area contributed by atoms with Crippen molar-refractivity contribution in [3.8, 4) is 0 Å². The van der Waals surface area contributed by atoms with Gasteiger partial charge in [-0.15, -0.1) is 0 Å². The molecule has 1 aliphatic heterocycles. The Morgan fingerprint density at radius 2 is 1.63 bits per heavy atom. The van der Waals surface area contributed by atoms with Gasteiger partial charge in [0, 0.05) is 29.8 Å². The quantitative estimate of drug-likeness (QED) is 0.757. The molecule has 27 heavy (non-hydrogen) atoms. The van der Waals surface area contributed by atoms with E-state index in [1.54, 1.807) is 12.1 Å². The number of carbonyl (C=O) groups excluding carboxylic acids is 1. The van der Waals surface area contributed by atoms with Gasteiger partial charge in [0.2, 0.25) is 0 Å². The van der Waals surface area contributed by atoms with E-state index in [4.69, 9.17) is 4.74 Å². The number of hydrogen-bond acceptors (Lipinski definition) is 3. The maximum atomic E-state index is 14.6. The fourth-order valence-corrected chi connectivity index (χ4v) is 4.22. The molecule has 1 fully saturated rings. The first-order valence-corrected chi connectivity index (χ1v) is 9.47. The van der Waals surface area contributed by atoms with Gasteiger partial charge in [-0.3, -0.25) is 0 Å². The number of esters is 1. The van der Waals surface area contributed by atoms with E-state index >= 15 is 0 Å². The Bertz CT molecular complexity index is 773. The summed E-state index contributed by atoms with van der Waals surface area (Å²) in [4.78, 5) is 12.6. The van der Waals surface area contributed by atoms with Crippen molar-refractivity contribution in [2.24, 2.45) is 0 Å². The smallest absolute Gasteiger partial charge is 0.338 e. The molecule has 0 bridgehead atoms. The topological polar surface area (TPSA) is 38.3 Å². The zero-order valence-electron chi connectivity index (χ0n) is 16.5. The standard InChI is InChI=1S/C23H28FNO2/c1-22(2)14-18(15-23(3,4)25-22)27-21(26)17-11-12-19(20(24)13-17)16-9-7-5-6-8-10-16/h5-13,16,18,25H,14-15H2,1-4H3. The number of carbonyl (C=O) groups is 1. The van der Waals surface area contributed by atoms with Gasteiger partial charge in [-0.05, 0) is 45.4 Å². The summed E-state index contributed by atoms with van der Waals surface area (Å²) in [5, 5.41) is 3.56. The Hall–Kier alpha value is -2.20. The first kappa shape index (κ1) is 19.6. The van der Waals surface area contributed by atoms with Crippen molar-refractivity contribution in [1.82, 2.24) is 5.32 Å². The van der Waals surface area contributed by atoms with E-state index in [2.05, 4.69) is 33.0 Å². The van der Waals surface area contributed by atoms with Gasteiger partial charge in [0.05, 0.1) is 5.56 Å². The third-order valence-corrected chi connectivity index (χ3v) is 4.99. The number of ether oxygens (including phenoxy) is 1. The third kappa shape index (κ3) is 4.95. The van der Waals surface area contributed by atoms with Gasteiger partial charge < -0.3 is 10.1 Å². The van der Waals surface area contributed by atoms with Crippen LogP contribution in [0.4, 0.5) is 4.39 Å². The monoisotopic (exact) mass is 369 g/mol. The molecule has 4 heteroatoms. The molecule has 0 saturated carbocycles. The van der Waals surface area contributed by atoms with Crippen LogP contribution in [0.15, 0.2) is 54.7 Å². The maximum absolute atomic E-state index is 14.6. The molecule has 3 nitrogen and oxygen atoms in total. The van der Waals surface area contributed by atoms with Crippen LogP contribution >= 0.6 is 0 Å². The highest BCUT2D eigenvalue weighted by Crippen LogP contribution is 2.31. The average Bonchev–Trinajstić information content (AvgIpc) is 2.80. The fraction of sp³-hybridized carbons (Fsp3) is 0.435. The van der Waals surface area contributed by atoms with Gasteiger partial charge in [-0.1, -0.05) is 42.5 Å². The van der Waals surface area contributed by atoms with Gasteiger partial charge in [-0.25, -0.2) is 9.18 Å². The van der Waals surface area contributed by atoms with E-state index in [1.165, 1.54) is 6.07 Å². The predicted octanol–water partition coefficient (Wildman–Crippen LogP) is 5.06. The second-order valence-electron chi connectivity index (χ2n) is 8.75. The minimum Gasteiger partial charge on any atom is -0.459 e. The molecule has 1 N–H and O–H groups in total. The highest BCUT2D eigenvalue weighted by Gasteiger charge is 2.39. The van der Waals surface area contributed by atoms with Crippen LogP contribution in [0.3, 0.4) is 0 Å². The minimum atomic E-state index is -0.465. The van der Waals surface area contributed by atoms with E-state index in [1.807, 2.05) is 36.5 Å². The first-order valence-electron chi connectivity index (χ1n) is 9.47. The first-order chi connectivity index (χ1) is 12.7. The summed E-state index contributed by atoms with van der Waals surface area (Å²) >= 11 is 0. The van der Waals surface area contributed by atoms with Gasteiger partial charge in [0.15, 0.2) is 0 Å². The zero-order valence-corrected chi connectivity index (χ0v) is 16.5. The molecule has 1 heterocycles. The second-order valence-corrected chi connectivity index (χ2v) is 8.75. The summed E-state index contributed by atoms with van der Waals surface area (Å²) in [5.74, 6) is -1.000. The lowest BCUT2D eigenvalue weighted by Crippen LogP contribution is -2.59. The molecule has 0 radical (unpaired) electrons. The molecule has 0 atom stereocenters. The Morgan fingerprint density at radius 3 is 2.19 bits per heavy atom. The molecule has 1 aromatic rings. The summed E-state index contributed by atoms with van der Waals surface area (Å²) in [7, 11) is 0. The molecule has 0 amide bonds. The summed E-state index contributed by atoms with van der Waals surface area (Å²) < 4.78 is 20.4. The minimum absolute atomic E-state index is 0.117. The highest BCUT2D eigenvalue weighted by atomic mass is 19.1. The number of allylic oxidation sites excluding steroid dienone is 6. The van der Waals surface area contributed by atoms with Crippen molar-refractivity contribution in [3.05, 3.63) is 71.6 Å². The maximum Gasteiger partial charge on any atom is 0.338 e. The number of halogens is 1. The van der Waals surface area contributed by atoms with Gasteiger partial charge >= 0.3 is 5.97 Å². The Labute approximate surface area is 161 Å². The van der Waals surface area contributed by atoms with Crippen LogP contribution in [-0.2, 0) is 4.74 Å². The Balaban J connectivity index is 1.73. The van der Waals surface area contributed by atoms with Gasteiger partial charge in [-0.2, -0.15) is 0 Å². The molecule has 0 unspecified atom stereocenters. The molecule has 0 aromatic heterocycles. The summed E-state index contributed by atoms with van der Waals surface area (Å²) in [6.45, 7) is 8.41. The molecule has 0 spiro atoms. The average molecular weight is 369 g/mol. The van der Waals surface area contributed by atoms with Crippen molar-refractivity contribution < 1.29 is 13.9 Å². The zero-order chi connectivity index (χ0) is 19.7. The molecule has 1 aromatic carbocycles. The Morgan fingerprint density at radius 1 is 1.04 bits per heavy atom. The van der Waals surface area contributed by atoms with Crippen molar-refractivity contribution in [1.29, 1.82) is 0 Å². The summed E-state index contributed by atoms with van der Waals surface area (Å²) in [6.07, 6.45) is 12.7. The van der Waals surface area contributed by atoms with E-state index in [0.29, 0.717) is 5.56 Å². The molecule has 144 valence electrons. The lowest BCUT2D eigenvalue weighted by Gasteiger charge is -2.45. The third-order valence-electron chi connectivity index (χ3n) is 4.99. The lowest BCUT2D eigenvalue weighted by atomic mass is 9.81. The van der Waals surface area contributed by atoms with Crippen LogP contribution in [0.2, 0.25) is 0 Å². The van der Waals surface area contributed by atoms with Crippen molar-refractivity contribution in [2.75, 3.05) is 0 Å². The van der Waals surface area contributed by atoms with Crippen LogP contribution in [0.1, 0.15) is 62.4 Å². The SMILES string of the molecule is CC1(C)CC(OC(=O)c2ccc(C3C=CC=CC=C3)c(F)c2)CC(C)(C)N1. The van der Waals surface area contributed by atoms with Crippen LogP contribution < -0.4 is 5.32 Å². The molecular weight excluding hydrogens is 341 g/mol. The van der Waals surface area contributed by atoms with E-state index in [9.17, 15) is 9.18 Å². The van der Waals surface area contributed by atoms with E-state index < -0.39 is 11.8 Å². The van der Waals surface area contributed by atoms with Crippen molar-refractivity contribution >= 4 is 5.97 Å². The van der Waals surface area contributed by atoms with Crippen LogP contribution in [0.25, 0.3) is 0 Å². The van der Waals surface area contributed by atoms with Gasteiger partial charge in [0.25, 0.3) is 0 Å². The molecular formula is C23H28FNO2. The molecule has 2 aliphatic rings. The van der Waals surface area contributed by atoms with Crippen LogP contribution in [0.5, 0.6) is 0 Å². The molecule has 1 aliphatic carbocycles. The predicted molar refractivity (Wildman–Crippen MR) is 106 cm³/mol. The number of nitrogens with one attached hydrogen (secondary N) is 1. The lowest BCUT2D eigenvalue weighted by molar-refractivity contribution is -0.00642. The van der Waals surface area contributed by atoms with Crippen molar-refractivity contribution in [2.45, 2.75) is 63.6 Å². The number of hydrogen-bond donors (Lipinski definition) is 1. The van der Waals surface area contributed by atoms with Crippen molar-refractivity contribution in [3.63, 3.8) is 0 Å². The number of piperidine rings is 1. The highest BCUT2D eigenvalue weighted by molar-refractivity contribution is 5.89. The Kier molecular flexibility index (Phi) is 5.38. The van der Waals surface area contributed by atoms with Crippen LogP contribution in [-0.4, -0.2) is 23.2 Å². The summed E-state index contributed by atoms with van der Waals surface area (Å²) in [6, 6.07) is 4.61. The largest absolute Gasteiger partial charge is 0.459 e. The summed E-state index contributed by atoms with van der Waals surface area (Å²) in [5.41, 5.74) is 0.569. The normalized spacial score (nSPS) is 21.8.